The first-order valence-electron chi connectivity index (χ1n) is 11.3. The first kappa shape index (κ1) is 24.3. The van der Waals surface area contributed by atoms with Crippen LogP contribution in [0.5, 0.6) is 0 Å². The standard InChI is InChI=1S/C26H29N3O3S2/c1-17(2)15-29(16-18(3)4)34(31,32)22-11-12-23-24(14-22)33-26(27-23)28-25(30)21-10-9-19-7-5-6-8-20(19)13-21/h5-14,17-18H,15-16H2,1-4H3,(H,27,28,30). The molecule has 0 radical (unpaired) electrons. The molecule has 1 amide bonds. The van der Waals surface area contributed by atoms with Gasteiger partial charge in [0.2, 0.25) is 10.0 Å². The van der Waals surface area contributed by atoms with E-state index >= 15 is 0 Å². The van der Waals surface area contributed by atoms with Crippen molar-refractivity contribution in [3.8, 4) is 0 Å². The Labute approximate surface area is 204 Å². The number of hydrogen-bond acceptors (Lipinski definition) is 5. The third-order valence-electron chi connectivity index (χ3n) is 5.37. The maximum Gasteiger partial charge on any atom is 0.257 e. The third-order valence-corrected chi connectivity index (χ3v) is 8.13. The van der Waals surface area contributed by atoms with E-state index in [1.807, 2.05) is 64.1 Å². The SMILES string of the molecule is CC(C)CN(CC(C)C)S(=O)(=O)c1ccc2nc(NC(=O)c3ccc4ccccc4c3)sc2c1. The average Bonchev–Trinajstić information content (AvgIpc) is 3.19. The molecule has 0 unspecified atom stereocenters. The number of aromatic nitrogens is 1. The topological polar surface area (TPSA) is 79.4 Å². The predicted molar refractivity (Wildman–Crippen MR) is 140 cm³/mol. The Kier molecular flexibility index (Phi) is 7.02. The number of hydrogen-bond donors (Lipinski definition) is 1. The summed E-state index contributed by atoms with van der Waals surface area (Å²) in [5.41, 5.74) is 1.19. The van der Waals surface area contributed by atoms with E-state index in [0.29, 0.717) is 34.0 Å². The number of nitrogens with zero attached hydrogens (tertiary/aromatic N) is 2. The van der Waals surface area contributed by atoms with Gasteiger partial charge in [-0.25, -0.2) is 13.4 Å². The van der Waals surface area contributed by atoms with Crippen molar-refractivity contribution >= 4 is 53.4 Å². The van der Waals surface area contributed by atoms with Gasteiger partial charge in [0.25, 0.3) is 5.91 Å². The summed E-state index contributed by atoms with van der Waals surface area (Å²) in [5.74, 6) is 0.188. The molecule has 1 aromatic heterocycles. The molecule has 0 saturated heterocycles. The fourth-order valence-corrected chi connectivity index (χ4v) is 6.62. The Bertz CT molecular complexity index is 1430. The lowest BCUT2D eigenvalue weighted by Gasteiger charge is -2.25. The Hall–Kier alpha value is -2.81. The predicted octanol–water partition coefficient (Wildman–Crippen LogP) is 6.00. The highest BCUT2D eigenvalue weighted by atomic mass is 32.2. The molecule has 1 heterocycles. The van der Waals surface area contributed by atoms with E-state index in [1.54, 1.807) is 28.6 Å². The van der Waals surface area contributed by atoms with Crippen molar-refractivity contribution in [2.24, 2.45) is 11.8 Å². The zero-order valence-electron chi connectivity index (χ0n) is 19.8. The Morgan fingerprint density at radius 3 is 2.29 bits per heavy atom. The first-order valence-corrected chi connectivity index (χ1v) is 13.6. The molecule has 0 fully saturated rings. The zero-order chi connectivity index (χ0) is 24.5. The van der Waals surface area contributed by atoms with Gasteiger partial charge in [-0.3, -0.25) is 10.1 Å². The van der Waals surface area contributed by atoms with E-state index in [1.165, 1.54) is 11.3 Å². The van der Waals surface area contributed by atoms with Gasteiger partial charge in [0.05, 0.1) is 15.1 Å². The van der Waals surface area contributed by atoms with Crippen LogP contribution in [0.4, 0.5) is 5.13 Å². The molecule has 1 N–H and O–H groups in total. The number of anilines is 1. The highest BCUT2D eigenvalue weighted by Gasteiger charge is 2.26. The largest absolute Gasteiger partial charge is 0.298 e. The molecule has 0 aliphatic carbocycles. The van der Waals surface area contributed by atoms with Crippen molar-refractivity contribution in [2.45, 2.75) is 32.6 Å². The van der Waals surface area contributed by atoms with E-state index in [4.69, 9.17) is 0 Å². The number of sulfonamides is 1. The normalized spacial score (nSPS) is 12.3. The minimum Gasteiger partial charge on any atom is -0.298 e. The van der Waals surface area contributed by atoms with Crippen molar-refractivity contribution in [1.29, 1.82) is 0 Å². The van der Waals surface area contributed by atoms with Gasteiger partial charge in [0.1, 0.15) is 0 Å². The van der Waals surface area contributed by atoms with E-state index in [2.05, 4.69) is 10.3 Å². The van der Waals surface area contributed by atoms with Crippen LogP contribution in [0.3, 0.4) is 0 Å². The molecule has 0 bridgehead atoms. The zero-order valence-corrected chi connectivity index (χ0v) is 21.4. The molecule has 8 heteroatoms. The van der Waals surface area contributed by atoms with Gasteiger partial charge < -0.3 is 0 Å². The van der Waals surface area contributed by atoms with Gasteiger partial charge in [0, 0.05) is 18.7 Å². The monoisotopic (exact) mass is 495 g/mol. The summed E-state index contributed by atoms with van der Waals surface area (Å²) in [5, 5.41) is 5.34. The molecule has 6 nitrogen and oxygen atoms in total. The lowest BCUT2D eigenvalue weighted by Crippen LogP contribution is -2.37. The second-order valence-corrected chi connectivity index (χ2v) is 12.2. The van der Waals surface area contributed by atoms with E-state index in [9.17, 15) is 13.2 Å². The lowest BCUT2D eigenvalue weighted by atomic mass is 10.1. The maximum atomic E-state index is 13.4. The number of fused-ring (bicyclic) bond motifs is 2. The summed E-state index contributed by atoms with van der Waals surface area (Å²) in [4.78, 5) is 17.5. The van der Waals surface area contributed by atoms with Crippen molar-refractivity contribution in [1.82, 2.24) is 9.29 Å². The molecule has 34 heavy (non-hydrogen) atoms. The molecule has 0 aliphatic rings. The minimum atomic E-state index is -3.64. The number of carbonyl (C=O) groups excluding carboxylic acids is 1. The van der Waals surface area contributed by atoms with Crippen molar-refractivity contribution < 1.29 is 13.2 Å². The molecule has 4 rings (SSSR count). The van der Waals surface area contributed by atoms with Gasteiger partial charge in [0.15, 0.2) is 5.13 Å². The van der Waals surface area contributed by atoms with Crippen LogP contribution < -0.4 is 5.32 Å². The molecule has 3 aromatic carbocycles. The van der Waals surface area contributed by atoms with E-state index in [-0.39, 0.29) is 22.6 Å². The quantitative estimate of drug-likeness (QED) is 0.325. The fraction of sp³-hybridized carbons (Fsp3) is 0.308. The number of thiazole rings is 1. The molecule has 178 valence electrons. The smallest absolute Gasteiger partial charge is 0.257 e. The first-order chi connectivity index (χ1) is 16.1. The van der Waals surface area contributed by atoms with Gasteiger partial charge in [-0.1, -0.05) is 69.4 Å². The summed E-state index contributed by atoms with van der Waals surface area (Å²) in [6.45, 7) is 8.99. The molecule has 4 aromatic rings. The summed E-state index contributed by atoms with van der Waals surface area (Å²) in [7, 11) is -3.64. The number of rotatable bonds is 8. The second-order valence-electron chi connectivity index (χ2n) is 9.27. The number of nitrogens with one attached hydrogen (secondary N) is 1. The van der Waals surface area contributed by atoms with Gasteiger partial charge >= 0.3 is 0 Å². The van der Waals surface area contributed by atoms with Crippen LogP contribution in [0.2, 0.25) is 0 Å². The van der Waals surface area contributed by atoms with Gasteiger partial charge in [-0.05, 0) is 52.9 Å². The van der Waals surface area contributed by atoms with Crippen LogP contribution in [0.15, 0.2) is 65.6 Å². The Balaban J connectivity index is 1.59. The van der Waals surface area contributed by atoms with Crippen molar-refractivity contribution in [2.75, 3.05) is 18.4 Å². The van der Waals surface area contributed by atoms with Crippen molar-refractivity contribution in [3.05, 3.63) is 66.2 Å². The van der Waals surface area contributed by atoms with Crippen LogP contribution in [-0.4, -0.2) is 36.7 Å². The van der Waals surface area contributed by atoms with Crippen LogP contribution in [0.25, 0.3) is 21.0 Å². The highest BCUT2D eigenvalue weighted by molar-refractivity contribution is 7.89. The van der Waals surface area contributed by atoms with Crippen molar-refractivity contribution in [3.63, 3.8) is 0 Å². The minimum absolute atomic E-state index is 0.220. The maximum absolute atomic E-state index is 13.4. The summed E-state index contributed by atoms with van der Waals surface area (Å²) >= 11 is 1.27. The van der Waals surface area contributed by atoms with E-state index < -0.39 is 10.0 Å². The number of amides is 1. The summed E-state index contributed by atoms with van der Waals surface area (Å²) in [6, 6.07) is 18.4. The second kappa shape index (κ2) is 9.82. The van der Waals surface area contributed by atoms with Crippen LogP contribution in [0, 0.1) is 11.8 Å². The lowest BCUT2D eigenvalue weighted by molar-refractivity contribution is 0.102. The number of benzene rings is 3. The Morgan fingerprint density at radius 2 is 1.62 bits per heavy atom. The summed E-state index contributed by atoms with van der Waals surface area (Å²) < 4.78 is 29.0. The highest BCUT2D eigenvalue weighted by Crippen LogP contribution is 2.30. The molecule has 0 atom stereocenters. The molecule has 0 aliphatic heterocycles. The third kappa shape index (κ3) is 5.29. The van der Waals surface area contributed by atoms with Crippen LogP contribution >= 0.6 is 11.3 Å². The summed E-state index contributed by atoms with van der Waals surface area (Å²) in [6.07, 6.45) is 0. The fourth-order valence-electron chi connectivity index (χ4n) is 3.85. The molecule has 0 saturated carbocycles. The Morgan fingerprint density at radius 1 is 0.941 bits per heavy atom. The molecular formula is C26H29N3O3S2. The van der Waals surface area contributed by atoms with Crippen LogP contribution in [0.1, 0.15) is 38.1 Å². The van der Waals surface area contributed by atoms with Gasteiger partial charge in [-0.2, -0.15) is 4.31 Å². The van der Waals surface area contributed by atoms with Crippen LogP contribution in [-0.2, 0) is 10.0 Å². The van der Waals surface area contributed by atoms with Gasteiger partial charge in [-0.15, -0.1) is 0 Å². The number of carbonyl (C=O) groups is 1. The molecular weight excluding hydrogens is 466 g/mol. The average molecular weight is 496 g/mol. The molecule has 0 spiro atoms. The van der Waals surface area contributed by atoms with E-state index in [0.717, 1.165) is 10.8 Å².